The predicted molar refractivity (Wildman–Crippen MR) is 63.7 cm³/mol. The van der Waals surface area contributed by atoms with Gasteiger partial charge in [0.25, 0.3) is 0 Å². The number of methoxy groups -OCH3 is 1. The first kappa shape index (κ1) is 14.5. The number of carboxylic acids is 1. The molecule has 0 aliphatic heterocycles. The topological polar surface area (TPSA) is 72.5 Å². The Morgan fingerprint density at radius 1 is 1.38 bits per heavy atom. The summed E-state index contributed by atoms with van der Waals surface area (Å²) in [4.78, 5) is 10.3. The molecular formula is C12H19NO3. The van der Waals surface area contributed by atoms with Gasteiger partial charge in [0.15, 0.2) is 0 Å². The van der Waals surface area contributed by atoms with Crippen LogP contribution in [0.25, 0.3) is 0 Å². The van der Waals surface area contributed by atoms with E-state index < -0.39 is 5.97 Å². The monoisotopic (exact) mass is 225 g/mol. The van der Waals surface area contributed by atoms with Gasteiger partial charge in [-0.1, -0.05) is 18.2 Å². The summed E-state index contributed by atoms with van der Waals surface area (Å²) in [7, 11) is 3.12. The van der Waals surface area contributed by atoms with Crippen LogP contribution in [0.3, 0.4) is 0 Å². The minimum absolute atomic E-state index is 0.206. The quantitative estimate of drug-likeness (QED) is 0.799. The minimum atomic E-state index is -0.750. The van der Waals surface area contributed by atoms with Crippen LogP contribution in [0.2, 0.25) is 0 Å². The molecule has 0 aliphatic carbocycles. The molecule has 0 spiro atoms. The fourth-order valence-electron chi connectivity index (χ4n) is 1.34. The Balaban J connectivity index is 0.00000106. The van der Waals surface area contributed by atoms with Crippen LogP contribution in [0.1, 0.15) is 18.4 Å². The number of aliphatic carboxylic acids is 1. The lowest BCUT2D eigenvalue weighted by molar-refractivity contribution is -0.137. The first-order chi connectivity index (χ1) is 7.74. The number of hydrogen-bond donors (Lipinski definition) is 2. The van der Waals surface area contributed by atoms with E-state index >= 15 is 0 Å². The standard InChI is InChI=1S/C11H14O3.CH5N/c1-14-10-7-3-2-5-9(10)6-4-8-11(12)13;1-2/h2-3,5,7H,4,6,8H2,1H3,(H,12,13);2H2,1H3. The molecule has 4 nitrogen and oxygen atoms in total. The molecule has 0 bridgehead atoms. The van der Waals surface area contributed by atoms with Crippen molar-refractivity contribution >= 4 is 5.97 Å². The summed E-state index contributed by atoms with van der Waals surface area (Å²) in [5.74, 6) is 0.0813. The van der Waals surface area contributed by atoms with Gasteiger partial charge in [-0.05, 0) is 31.5 Å². The van der Waals surface area contributed by atoms with Crippen molar-refractivity contribution in [1.29, 1.82) is 0 Å². The maximum absolute atomic E-state index is 10.3. The fraction of sp³-hybridized carbons (Fsp3) is 0.417. The van der Waals surface area contributed by atoms with Crippen molar-refractivity contribution < 1.29 is 14.6 Å². The van der Waals surface area contributed by atoms with E-state index in [1.54, 1.807) is 7.11 Å². The molecule has 3 N–H and O–H groups in total. The Morgan fingerprint density at radius 3 is 2.56 bits per heavy atom. The highest BCUT2D eigenvalue weighted by atomic mass is 16.5. The van der Waals surface area contributed by atoms with Crippen molar-refractivity contribution in [2.24, 2.45) is 5.73 Å². The first-order valence-corrected chi connectivity index (χ1v) is 5.15. The van der Waals surface area contributed by atoms with Gasteiger partial charge in [0.1, 0.15) is 5.75 Å². The molecule has 0 heterocycles. The van der Waals surface area contributed by atoms with Gasteiger partial charge in [-0.25, -0.2) is 0 Å². The number of para-hydroxylation sites is 1. The number of carbonyl (C=O) groups is 1. The normalized spacial score (nSPS) is 8.94. The van der Waals surface area contributed by atoms with E-state index in [1.165, 1.54) is 7.05 Å². The van der Waals surface area contributed by atoms with Crippen LogP contribution in [-0.2, 0) is 11.2 Å². The molecule has 0 amide bonds. The van der Waals surface area contributed by atoms with E-state index in [9.17, 15) is 4.79 Å². The molecular weight excluding hydrogens is 206 g/mol. The number of rotatable bonds is 5. The Kier molecular flexibility index (Phi) is 7.89. The summed E-state index contributed by atoms with van der Waals surface area (Å²) >= 11 is 0. The Labute approximate surface area is 96.0 Å². The van der Waals surface area contributed by atoms with Crippen molar-refractivity contribution in [3.63, 3.8) is 0 Å². The first-order valence-electron chi connectivity index (χ1n) is 5.15. The third-order valence-corrected chi connectivity index (χ3v) is 2.03. The second kappa shape index (κ2) is 8.73. The van der Waals surface area contributed by atoms with Crippen molar-refractivity contribution in [3.8, 4) is 5.75 Å². The highest BCUT2D eigenvalue weighted by molar-refractivity contribution is 5.66. The summed E-state index contributed by atoms with van der Waals surface area (Å²) in [6.45, 7) is 0. The molecule has 0 unspecified atom stereocenters. The summed E-state index contributed by atoms with van der Waals surface area (Å²) < 4.78 is 5.16. The molecule has 0 aliphatic rings. The van der Waals surface area contributed by atoms with Crippen LogP contribution < -0.4 is 10.5 Å². The lowest BCUT2D eigenvalue weighted by atomic mass is 10.1. The van der Waals surface area contributed by atoms with E-state index in [0.29, 0.717) is 6.42 Å². The van der Waals surface area contributed by atoms with Crippen molar-refractivity contribution in [2.45, 2.75) is 19.3 Å². The zero-order valence-electron chi connectivity index (χ0n) is 9.77. The van der Waals surface area contributed by atoms with Gasteiger partial charge in [-0.3, -0.25) is 4.79 Å². The molecule has 1 aromatic rings. The second-order valence-electron chi connectivity index (χ2n) is 3.06. The van der Waals surface area contributed by atoms with Gasteiger partial charge in [-0.2, -0.15) is 0 Å². The second-order valence-corrected chi connectivity index (χ2v) is 3.06. The molecule has 0 saturated heterocycles. The van der Waals surface area contributed by atoms with E-state index in [-0.39, 0.29) is 6.42 Å². The third-order valence-electron chi connectivity index (χ3n) is 2.03. The number of hydrogen-bond acceptors (Lipinski definition) is 3. The maximum Gasteiger partial charge on any atom is 0.303 e. The largest absolute Gasteiger partial charge is 0.496 e. The predicted octanol–water partition coefficient (Wildman–Crippen LogP) is 1.68. The minimum Gasteiger partial charge on any atom is -0.496 e. The van der Waals surface area contributed by atoms with Crippen LogP contribution >= 0.6 is 0 Å². The van der Waals surface area contributed by atoms with Crippen LogP contribution in [0.5, 0.6) is 5.75 Å². The number of aryl methyl sites for hydroxylation is 1. The van der Waals surface area contributed by atoms with Crippen molar-refractivity contribution in [2.75, 3.05) is 14.2 Å². The summed E-state index contributed by atoms with van der Waals surface area (Å²) in [6.07, 6.45) is 1.60. The molecule has 0 saturated carbocycles. The van der Waals surface area contributed by atoms with Gasteiger partial charge in [-0.15, -0.1) is 0 Å². The zero-order valence-corrected chi connectivity index (χ0v) is 9.77. The van der Waals surface area contributed by atoms with Gasteiger partial charge in [0, 0.05) is 6.42 Å². The average molecular weight is 225 g/mol. The zero-order chi connectivity index (χ0) is 12.4. The highest BCUT2D eigenvalue weighted by Gasteiger charge is 2.02. The van der Waals surface area contributed by atoms with Crippen LogP contribution in [-0.4, -0.2) is 25.2 Å². The summed E-state index contributed by atoms with van der Waals surface area (Å²) in [6, 6.07) is 7.68. The molecule has 4 heteroatoms. The molecule has 90 valence electrons. The maximum atomic E-state index is 10.3. The highest BCUT2D eigenvalue weighted by Crippen LogP contribution is 2.19. The molecule has 0 aromatic heterocycles. The molecule has 16 heavy (non-hydrogen) atoms. The molecule has 0 fully saturated rings. The smallest absolute Gasteiger partial charge is 0.303 e. The van der Waals surface area contributed by atoms with Crippen LogP contribution in [0.15, 0.2) is 24.3 Å². The lowest BCUT2D eigenvalue weighted by Crippen LogP contribution is -1.97. The SMILES string of the molecule is CN.COc1ccccc1CCCC(=O)O. The molecule has 1 rings (SSSR count). The van der Waals surface area contributed by atoms with Crippen LogP contribution in [0.4, 0.5) is 0 Å². The number of benzene rings is 1. The molecule has 0 atom stereocenters. The van der Waals surface area contributed by atoms with Gasteiger partial charge in [0.2, 0.25) is 0 Å². The van der Waals surface area contributed by atoms with E-state index in [2.05, 4.69) is 5.73 Å². The molecule has 0 radical (unpaired) electrons. The fourth-order valence-corrected chi connectivity index (χ4v) is 1.34. The van der Waals surface area contributed by atoms with Crippen molar-refractivity contribution in [1.82, 2.24) is 0 Å². The Bertz CT molecular complexity index is 313. The average Bonchev–Trinajstić information content (AvgIpc) is 2.32. The molecule has 1 aromatic carbocycles. The number of ether oxygens (including phenoxy) is 1. The Morgan fingerprint density at radius 2 is 2.00 bits per heavy atom. The van der Waals surface area contributed by atoms with E-state index in [4.69, 9.17) is 9.84 Å². The summed E-state index contributed by atoms with van der Waals surface area (Å²) in [5.41, 5.74) is 5.57. The van der Waals surface area contributed by atoms with Crippen LogP contribution in [0, 0.1) is 0 Å². The third kappa shape index (κ3) is 5.36. The van der Waals surface area contributed by atoms with Gasteiger partial charge < -0.3 is 15.6 Å². The van der Waals surface area contributed by atoms with Crippen molar-refractivity contribution in [3.05, 3.63) is 29.8 Å². The lowest BCUT2D eigenvalue weighted by Gasteiger charge is -2.06. The number of carboxylic acid groups (broad SMARTS) is 1. The van der Waals surface area contributed by atoms with Gasteiger partial charge in [0.05, 0.1) is 7.11 Å². The van der Waals surface area contributed by atoms with E-state index in [1.807, 2.05) is 24.3 Å². The number of nitrogens with two attached hydrogens (primary N) is 1. The van der Waals surface area contributed by atoms with E-state index in [0.717, 1.165) is 17.7 Å². The Hall–Kier alpha value is -1.55. The summed E-state index contributed by atoms with van der Waals surface area (Å²) in [5, 5.41) is 8.49. The van der Waals surface area contributed by atoms with Gasteiger partial charge >= 0.3 is 5.97 Å².